The minimum atomic E-state index is 0.300. The maximum absolute atomic E-state index is 5.58. The number of aryl methyl sites for hydroxylation is 1. The molecule has 5 heteroatoms. The second kappa shape index (κ2) is 6.26. The Balaban J connectivity index is 1.71. The van der Waals surface area contributed by atoms with Crippen LogP contribution in [0.15, 0.2) is 30.7 Å². The van der Waals surface area contributed by atoms with Crippen molar-refractivity contribution in [2.75, 3.05) is 12.4 Å². The number of hydrogen-bond acceptors (Lipinski definition) is 4. The second-order valence-electron chi connectivity index (χ2n) is 5.56. The van der Waals surface area contributed by atoms with E-state index in [-0.39, 0.29) is 0 Å². The topological polar surface area (TPSA) is 52.0 Å². The number of methoxy groups -OCH3 is 1. The van der Waals surface area contributed by atoms with Gasteiger partial charge in [0, 0.05) is 19.5 Å². The molecule has 2 atom stereocenters. The molecule has 2 aromatic rings. The molecule has 5 nitrogen and oxygen atoms in total. The summed E-state index contributed by atoms with van der Waals surface area (Å²) in [6.07, 6.45) is 10.7. The summed E-state index contributed by atoms with van der Waals surface area (Å²) in [5, 5.41) is 3.56. The van der Waals surface area contributed by atoms with Crippen molar-refractivity contribution >= 4 is 5.69 Å². The number of hydrogen-bond donors (Lipinski definition) is 1. The molecule has 2 unspecified atom stereocenters. The summed E-state index contributed by atoms with van der Waals surface area (Å²) < 4.78 is 7.55. The first-order valence-corrected chi connectivity index (χ1v) is 7.53. The summed E-state index contributed by atoms with van der Waals surface area (Å²) in [4.78, 5) is 8.74. The van der Waals surface area contributed by atoms with Crippen molar-refractivity contribution in [3.05, 3.63) is 36.5 Å². The van der Waals surface area contributed by atoms with Crippen LogP contribution >= 0.6 is 0 Å². The maximum atomic E-state index is 5.58. The van der Waals surface area contributed by atoms with Crippen molar-refractivity contribution < 1.29 is 4.74 Å². The first-order chi connectivity index (χ1) is 10.3. The predicted octanol–water partition coefficient (Wildman–Crippen LogP) is 2.95. The third-order valence-electron chi connectivity index (χ3n) is 4.18. The number of anilines is 1. The van der Waals surface area contributed by atoms with Crippen LogP contribution in [-0.4, -0.2) is 33.8 Å². The van der Waals surface area contributed by atoms with Crippen molar-refractivity contribution in [2.24, 2.45) is 0 Å². The highest BCUT2D eigenvalue weighted by atomic mass is 16.5. The van der Waals surface area contributed by atoms with Crippen molar-refractivity contribution in [2.45, 2.75) is 44.8 Å². The fourth-order valence-electron chi connectivity index (χ4n) is 2.99. The van der Waals surface area contributed by atoms with Gasteiger partial charge in [0.05, 0.1) is 24.0 Å². The molecule has 1 aliphatic rings. The molecule has 2 aromatic heterocycles. The van der Waals surface area contributed by atoms with Gasteiger partial charge in [-0.25, -0.2) is 9.97 Å². The van der Waals surface area contributed by atoms with E-state index in [2.05, 4.69) is 21.4 Å². The minimum Gasteiger partial charge on any atom is -0.379 e. The molecule has 3 rings (SSSR count). The van der Waals surface area contributed by atoms with Crippen molar-refractivity contribution in [3.8, 4) is 5.82 Å². The third kappa shape index (κ3) is 3.08. The van der Waals surface area contributed by atoms with Gasteiger partial charge in [0.2, 0.25) is 0 Å². The largest absolute Gasteiger partial charge is 0.379 e. The van der Waals surface area contributed by atoms with Crippen molar-refractivity contribution in [3.63, 3.8) is 0 Å². The average Bonchev–Trinajstić information content (AvgIpc) is 2.95. The van der Waals surface area contributed by atoms with Gasteiger partial charge in [-0.05, 0) is 31.9 Å². The number of imidazole rings is 1. The van der Waals surface area contributed by atoms with Gasteiger partial charge in [0.25, 0.3) is 0 Å². The highest BCUT2D eigenvalue weighted by Crippen LogP contribution is 2.24. The Morgan fingerprint density at radius 2 is 2.10 bits per heavy atom. The number of nitrogens with one attached hydrogen (secondary N) is 1. The number of rotatable bonds is 4. The van der Waals surface area contributed by atoms with Crippen LogP contribution in [-0.2, 0) is 4.74 Å². The molecule has 2 heterocycles. The van der Waals surface area contributed by atoms with Crippen LogP contribution in [0.3, 0.4) is 0 Å². The van der Waals surface area contributed by atoms with Gasteiger partial charge in [-0.2, -0.15) is 0 Å². The van der Waals surface area contributed by atoms with E-state index in [4.69, 9.17) is 4.74 Å². The average molecular weight is 286 g/mol. The summed E-state index contributed by atoms with van der Waals surface area (Å²) in [7, 11) is 1.80. The van der Waals surface area contributed by atoms with E-state index < -0.39 is 0 Å². The van der Waals surface area contributed by atoms with Crippen LogP contribution in [0, 0.1) is 6.92 Å². The van der Waals surface area contributed by atoms with E-state index in [1.807, 2.05) is 30.0 Å². The van der Waals surface area contributed by atoms with Gasteiger partial charge in [-0.1, -0.05) is 12.8 Å². The van der Waals surface area contributed by atoms with Crippen LogP contribution < -0.4 is 5.32 Å². The zero-order valence-corrected chi connectivity index (χ0v) is 12.6. The Kier molecular flexibility index (Phi) is 4.20. The van der Waals surface area contributed by atoms with E-state index >= 15 is 0 Å². The molecule has 0 saturated heterocycles. The lowest BCUT2D eigenvalue weighted by Crippen LogP contribution is -2.37. The van der Waals surface area contributed by atoms with E-state index in [1.54, 1.807) is 13.3 Å². The molecular weight excluding hydrogens is 264 g/mol. The van der Waals surface area contributed by atoms with Gasteiger partial charge in [0.15, 0.2) is 0 Å². The van der Waals surface area contributed by atoms with Crippen LogP contribution in [0.2, 0.25) is 0 Å². The Bertz CT molecular complexity index is 578. The van der Waals surface area contributed by atoms with Gasteiger partial charge in [0.1, 0.15) is 11.6 Å². The van der Waals surface area contributed by atoms with Gasteiger partial charge in [-0.15, -0.1) is 0 Å². The van der Waals surface area contributed by atoms with Gasteiger partial charge >= 0.3 is 0 Å². The first kappa shape index (κ1) is 14.1. The molecule has 0 aliphatic heterocycles. The zero-order valence-electron chi connectivity index (χ0n) is 12.6. The fourth-order valence-corrected chi connectivity index (χ4v) is 2.99. The highest BCUT2D eigenvalue weighted by molar-refractivity contribution is 5.45. The van der Waals surface area contributed by atoms with E-state index in [0.29, 0.717) is 12.1 Å². The van der Waals surface area contributed by atoms with Crippen LogP contribution in [0.4, 0.5) is 5.69 Å². The quantitative estimate of drug-likeness (QED) is 0.939. The molecule has 0 radical (unpaired) electrons. The monoisotopic (exact) mass is 286 g/mol. The predicted molar refractivity (Wildman–Crippen MR) is 82.8 cm³/mol. The summed E-state index contributed by atoms with van der Waals surface area (Å²) in [6.45, 7) is 1.97. The molecule has 1 fully saturated rings. The molecule has 0 spiro atoms. The normalized spacial score (nSPS) is 22.2. The number of pyridine rings is 1. The maximum Gasteiger partial charge on any atom is 0.138 e. The summed E-state index contributed by atoms with van der Waals surface area (Å²) >= 11 is 0. The molecular formula is C16H22N4O. The third-order valence-corrected chi connectivity index (χ3v) is 4.18. The van der Waals surface area contributed by atoms with Crippen molar-refractivity contribution in [1.29, 1.82) is 0 Å². The summed E-state index contributed by atoms with van der Waals surface area (Å²) in [6, 6.07) is 4.47. The number of aromatic nitrogens is 3. The Morgan fingerprint density at radius 1 is 1.24 bits per heavy atom. The molecule has 1 N–H and O–H groups in total. The summed E-state index contributed by atoms with van der Waals surface area (Å²) in [5.41, 5.74) is 1.05. The Morgan fingerprint density at radius 3 is 2.76 bits per heavy atom. The lowest BCUT2D eigenvalue weighted by Gasteiger charge is -2.31. The standard InChI is InChI=1S/C16H22N4O/c1-12-17-9-10-20(12)16-8-7-13(11-18-16)19-14-5-3-4-6-15(14)21-2/h7-11,14-15,19H,3-6H2,1-2H3. The van der Waals surface area contributed by atoms with Crippen LogP contribution in [0.5, 0.6) is 0 Å². The highest BCUT2D eigenvalue weighted by Gasteiger charge is 2.24. The molecule has 112 valence electrons. The molecule has 1 saturated carbocycles. The van der Waals surface area contributed by atoms with Gasteiger partial charge in [-0.3, -0.25) is 4.57 Å². The van der Waals surface area contributed by atoms with E-state index in [0.717, 1.165) is 30.2 Å². The molecule has 0 aromatic carbocycles. The Labute approximate surface area is 125 Å². The molecule has 1 aliphatic carbocycles. The smallest absolute Gasteiger partial charge is 0.138 e. The summed E-state index contributed by atoms with van der Waals surface area (Å²) in [5.74, 6) is 1.83. The minimum absolute atomic E-state index is 0.300. The molecule has 21 heavy (non-hydrogen) atoms. The van der Waals surface area contributed by atoms with Crippen LogP contribution in [0.25, 0.3) is 5.82 Å². The fraction of sp³-hybridized carbons (Fsp3) is 0.500. The molecule has 0 bridgehead atoms. The van der Waals surface area contributed by atoms with E-state index in [9.17, 15) is 0 Å². The van der Waals surface area contributed by atoms with Gasteiger partial charge < -0.3 is 10.1 Å². The van der Waals surface area contributed by atoms with Crippen molar-refractivity contribution in [1.82, 2.24) is 14.5 Å². The second-order valence-corrected chi connectivity index (χ2v) is 5.56. The number of ether oxygens (including phenoxy) is 1. The number of nitrogens with zero attached hydrogens (tertiary/aromatic N) is 3. The van der Waals surface area contributed by atoms with E-state index in [1.165, 1.54) is 12.8 Å². The lowest BCUT2D eigenvalue weighted by atomic mass is 9.92. The first-order valence-electron chi connectivity index (χ1n) is 7.53. The SMILES string of the molecule is COC1CCCCC1Nc1ccc(-n2ccnc2C)nc1. The zero-order chi connectivity index (χ0) is 14.7. The Hall–Kier alpha value is -1.88. The lowest BCUT2D eigenvalue weighted by molar-refractivity contribution is 0.0606. The molecule has 0 amide bonds. The van der Waals surface area contributed by atoms with Crippen LogP contribution in [0.1, 0.15) is 31.5 Å².